The summed E-state index contributed by atoms with van der Waals surface area (Å²) < 4.78 is 5.62. The minimum absolute atomic E-state index is 0.536. The Balaban J connectivity index is 2.59. The Labute approximate surface area is 113 Å². The summed E-state index contributed by atoms with van der Waals surface area (Å²) in [4.78, 5) is 2.69. The quantitative estimate of drug-likeness (QED) is 0.721. The van der Waals surface area contributed by atoms with Gasteiger partial charge in [-0.15, -0.1) is 0 Å². The number of likely N-dealkylation sites (N-methyl/N-ethyl adjacent to an activating group) is 1. The van der Waals surface area contributed by atoms with Crippen molar-refractivity contribution in [3.63, 3.8) is 0 Å². The molecule has 1 aliphatic heterocycles. The van der Waals surface area contributed by atoms with Gasteiger partial charge in [-0.2, -0.15) is 0 Å². The van der Waals surface area contributed by atoms with Gasteiger partial charge in [0, 0.05) is 31.1 Å². The first-order chi connectivity index (χ1) is 8.62. The maximum atomic E-state index is 5.62. The monoisotopic (exact) mass is 256 g/mol. The van der Waals surface area contributed by atoms with Gasteiger partial charge in [-0.25, -0.2) is 0 Å². The zero-order valence-corrected chi connectivity index (χ0v) is 12.9. The van der Waals surface area contributed by atoms with Crippen LogP contribution in [0.3, 0.4) is 0 Å². The normalized spacial score (nSPS) is 24.7. The first kappa shape index (κ1) is 15.9. The smallest absolute Gasteiger partial charge is 0.0623 e. The van der Waals surface area contributed by atoms with Gasteiger partial charge in [0.05, 0.1) is 13.2 Å². The fraction of sp³-hybridized carbons (Fsp3) is 1.00. The van der Waals surface area contributed by atoms with E-state index in [9.17, 15) is 0 Å². The third kappa shape index (κ3) is 4.52. The summed E-state index contributed by atoms with van der Waals surface area (Å²) in [5.74, 6) is 1.38. The molecule has 1 rings (SSSR count). The van der Waals surface area contributed by atoms with E-state index in [-0.39, 0.29) is 0 Å². The lowest BCUT2D eigenvalue weighted by molar-refractivity contribution is 0.124. The molecule has 2 atom stereocenters. The summed E-state index contributed by atoms with van der Waals surface area (Å²) in [7, 11) is 2.05. The summed E-state index contributed by atoms with van der Waals surface area (Å²) in [6.45, 7) is 13.4. The van der Waals surface area contributed by atoms with Gasteiger partial charge in [0.2, 0.25) is 0 Å². The average Bonchev–Trinajstić information content (AvgIpc) is 2.77. The summed E-state index contributed by atoms with van der Waals surface area (Å²) >= 11 is 0. The fourth-order valence-corrected chi connectivity index (χ4v) is 3.05. The van der Waals surface area contributed by atoms with Gasteiger partial charge < -0.3 is 10.1 Å². The summed E-state index contributed by atoms with van der Waals surface area (Å²) in [5.41, 5.74) is 0. The Morgan fingerprint density at radius 1 is 1.22 bits per heavy atom. The highest BCUT2D eigenvalue weighted by Crippen LogP contribution is 2.19. The molecule has 2 unspecified atom stereocenters. The molecule has 0 bridgehead atoms. The number of rotatable bonds is 8. The van der Waals surface area contributed by atoms with Crippen molar-refractivity contribution in [3.05, 3.63) is 0 Å². The predicted molar refractivity (Wildman–Crippen MR) is 77.9 cm³/mol. The number of ether oxygens (including phenoxy) is 1. The fourth-order valence-electron chi connectivity index (χ4n) is 3.05. The van der Waals surface area contributed by atoms with Crippen LogP contribution in [0.5, 0.6) is 0 Å². The number of nitrogens with one attached hydrogen (secondary N) is 1. The van der Waals surface area contributed by atoms with E-state index in [0.29, 0.717) is 12.0 Å². The lowest BCUT2D eigenvalue weighted by Crippen LogP contribution is -2.45. The Hall–Kier alpha value is -0.120. The second-order valence-corrected chi connectivity index (χ2v) is 6.01. The van der Waals surface area contributed by atoms with Crippen molar-refractivity contribution in [1.82, 2.24) is 10.2 Å². The molecule has 3 nitrogen and oxygen atoms in total. The van der Waals surface area contributed by atoms with E-state index < -0.39 is 0 Å². The van der Waals surface area contributed by atoms with Crippen molar-refractivity contribution in [2.45, 2.75) is 52.6 Å². The maximum Gasteiger partial charge on any atom is 0.0623 e. The lowest BCUT2D eigenvalue weighted by atomic mass is 9.99. The van der Waals surface area contributed by atoms with Crippen molar-refractivity contribution in [3.8, 4) is 0 Å². The van der Waals surface area contributed by atoms with E-state index in [1.807, 2.05) is 0 Å². The molecule has 1 aliphatic rings. The van der Waals surface area contributed by atoms with Gasteiger partial charge in [0.25, 0.3) is 0 Å². The van der Waals surface area contributed by atoms with Crippen molar-refractivity contribution in [2.75, 3.05) is 33.4 Å². The lowest BCUT2D eigenvalue weighted by Gasteiger charge is -2.35. The molecule has 0 amide bonds. The molecule has 1 fully saturated rings. The maximum absolute atomic E-state index is 5.62. The van der Waals surface area contributed by atoms with Crippen LogP contribution < -0.4 is 5.32 Å². The predicted octanol–water partition coefficient (Wildman–Crippen LogP) is 2.37. The van der Waals surface area contributed by atoms with Crippen LogP contribution >= 0.6 is 0 Å². The van der Waals surface area contributed by atoms with Gasteiger partial charge in [-0.05, 0) is 25.8 Å². The molecule has 0 radical (unpaired) electrons. The number of nitrogens with zero attached hydrogens (tertiary/aromatic N) is 1. The third-order valence-corrected chi connectivity index (χ3v) is 4.10. The summed E-state index contributed by atoms with van der Waals surface area (Å²) in [5, 5.41) is 3.40. The molecule has 0 aromatic carbocycles. The molecule has 0 aromatic heterocycles. The molecule has 0 aliphatic carbocycles. The highest BCUT2D eigenvalue weighted by atomic mass is 16.5. The van der Waals surface area contributed by atoms with Crippen LogP contribution in [0.1, 0.15) is 40.5 Å². The second kappa shape index (κ2) is 8.13. The van der Waals surface area contributed by atoms with Crippen molar-refractivity contribution in [2.24, 2.45) is 11.8 Å². The Bertz CT molecular complexity index is 217. The minimum Gasteiger partial charge on any atom is -0.379 e. The Morgan fingerprint density at radius 3 is 2.39 bits per heavy atom. The van der Waals surface area contributed by atoms with Crippen LogP contribution in [-0.2, 0) is 4.74 Å². The second-order valence-electron chi connectivity index (χ2n) is 6.01. The van der Waals surface area contributed by atoms with Crippen LogP contribution in [0.2, 0.25) is 0 Å². The van der Waals surface area contributed by atoms with E-state index in [4.69, 9.17) is 4.74 Å². The van der Waals surface area contributed by atoms with Crippen LogP contribution in [0.4, 0.5) is 0 Å². The van der Waals surface area contributed by atoms with Crippen molar-refractivity contribution < 1.29 is 4.74 Å². The van der Waals surface area contributed by atoms with Gasteiger partial charge in [0.15, 0.2) is 0 Å². The molecule has 0 aromatic rings. The Kier molecular flexibility index (Phi) is 7.20. The standard InChI is InChI=1S/C15H32N2O/c1-6-14(7-2)17(8-12(3)4)9-13-10-18-11-15(13)16-5/h12-16H,6-11H2,1-5H3. The van der Waals surface area contributed by atoms with E-state index in [0.717, 1.165) is 25.2 Å². The van der Waals surface area contributed by atoms with Crippen LogP contribution in [-0.4, -0.2) is 50.3 Å². The molecular weight excluding hydrogens is 224 g/mol. The van der Waals surface area contributed by atoms with E-state index in [2.05, 4.69) is 45.0 Å². The van der Waals surface area contributed by atoms with Crippen LogP contribution in [0.25, 0.3) is 0 Å². The molecule has 1 N–H and O–H groups in total. The first-order valence-electron chi connectivity index (χ1n) is 7.61. The van der Waals surface area contributed by atoms with Gasteiger partial charge in [-0.1, -0.05) is 27.7 Å². The molecule has 0 spiro atoms. The first-order valence-corrected chi connectivity index (χ1v) is 7.61. The summed E-state index contributed by atoms with van der Waals surface area (Å²) in [6, 6.07) is 1.26. The van der Waals surface area contributed by atoms with Crippen molar-refractivity contribution >= 4 is 0 Å². The minimum atomic E-state index is 0.536. The van der Waals surface area contributed by atoms with E-state index in [1.165, 1.54) is 25.9 Å². The molecule has 18 heavy (non-hydrogen) atoms. The molecule has 108 valence electrons. The Morgan fingerprint density at radius 2 is 1.89 bits per heavy atom. The average molecular weight is 256 g/mol. The molecular formula is C15H32N2O. The highest BCUT2D eigenvalue weighted by Gasteiger charge is 2.30. The molecule has 3 heteroatoms. The SMILES string of the molecule is CCC(CC)N(CC(C)C)CC1COCC1NC. The van der Waals surface area contributed by atoms with Crippen LogP contribution in [0, 0.1) is 11.8 Å². The number of hydrogen-bond acceptors (Lipinski definition) is 3. The van der Waals surface area contributed by atoms with E-state index >= 15 is 0 Å². The number of hydrogen-bond donors (Lipinski definition) is 1. The largest absolute Gasteiger partial charge is 0.379 e. The van der Waals surface area contributed by atoms with Crippen molar-refractivity contribution in [1.29, 1.82) is 0 Å². The van der Waals surface area contributed by atoms with Gasteiger partial charge in [0.1, 0.15) is 0 Å². The highest BCUT2D eigenvalue weighted by molar-refractivity contribution is 4.84. The molecule has 0 saturated carbocycles. The zero-order valence-electron chi connectivity index (χ0n) is 12.9. The summed E-state index contributed by atoms with van der Waals surface area (Å²) in [6.07, 6.45) is 2.50. The zero-order chi connectivity index (χ0) is 13.5. The molecule has 1 heterocycles. The topological polar surface area (TPSA) is 24.5 Å². The van der Waals surface area contributed by atoms with Gasteiger partial charge in [-0.3, -0.25) is 4.90 Å². The van der Waals surface area contributed by atoms with Crippen LogP contribution in [0.15, 0.2) is 0 Å². The third-order valence-electron chi connectivity index (χ3n) is 4.10. The van der Waals surface area contributed by atoms with Gasteiger partial charge >= 0.3 is 0 Å². The van der Waals surface area contributed by atoms with E-state index in [1.54, 1.807) is 0 Å². The molecule has 1 saturated heterocycles.